The van der Waals surface area contributed by atoms with E-state index in [-0.39, 0.29) is 0 Å². The van der Waals surface area contributed by atoms with E-state index >= 15 is 0 Å². The van der Waals surface area contributed by atoms with E-state index in [1.54, 1.807) is 0 Å². The topological polar surface area (TPSA) is 37.8 Å². The maximum Gasteiger partial charge on any atom is 0.162 e. The Bertz CT molecular complexity index is 673. The fraction of sp³-hybridized carbons (Fsp3) is 0.375. The second-order valence-electron chi connectivity index (χ2n) is 5.22. The lowest BCUT2D eigenvalue weighted by molar-refractivity contribution is 0.955. The quantitative estimate of drug-likeness (QED) is 0.847. The summed E-state index contributed by atoms with van der Waals surface area (Å²) in [6, 6.07) is 6.30. The molecule has 110 valence electrons. The first-order valence-electron chi connectivity index (χ1n) is 7.17. The van der Waals surface area contributed by atoms with E-state index < -0.39 is 0 Å². The molecule has 2 heterocycles. The number of aryl methyl sites for hydroxylation is 1. The third-order valence-electron chi connectivity index (χ3n) is 3.49. The molecule has 0 aliphatic carbocycles. The molecule has 3 rings (SSSR count). The van der Waals surface area contributed by atoms with Gasteiger partial charge in [0.2, 0.25) is 0 Å². The minimum absolute atomic E-state index is 0.807. The summed E-state index contributed by atoms with van der Waals surface area (Å²) in [6.07, 6.45) is 1.09. The van der Waals surface area contributed by atoms with Gasteiger partial charge in [0.25, 0.3) is 0 Å². The summed E-state index contributed by atoms with van der Waals surface area (Å²) in [7, 11) is 0. The van der Waals surface area contributed by atoms with Gasteiger partial charge in [-0.25, -0.2) is 9.97 Å². The van der Waals surface area contributed by atoms with Gasteiger partial charge in [0.15, 0.2) is 5.82 Å². The average molecular weight is 364 g/mol. The molecule has 5 heteroatoms. The Kier molecular flexibility index (Phi) is 4.50. The fourth-order valence-electron chi connectivity index (χ4n) is 2.36. The van der Waals surface area contributed by atoms with Gasteiger partial charge in [-0.3, -0.25) is 0 Å². The number of thioether (sulfide) groups is 1. The number of anilines is 1. The van der Waals surface area contributed by atoms with E-state index in [0.717, 1.165) is 46.1 Å². The zero-order valence-corrected chi connectivity index (χ0v) is 14.6. The molecule has 0 fully saturated rings. The molecular formula is C16H18BrN3S. The number of nitrogens with zero attached hydrogens (tertiary/aromatic N) is 2. The van der Waals surface area contributed by atoms with Crippen molar-refractivity contribution < 1.29 is 0 Å². The third-order valence-corrected chi connectivity index (χ3v) is 5.11. The Balaban J connectivity index is 2.06. The predicted octanol–water partition coefficient (Wildman–Crippen LogP) is 4.78. The molecule has 1 aromatic heterocycles. The average Bonchev–Trinajstić information content (AvgIpc) is 2.93. The van der Waals surface area contributed by atoms with E-state index in [1.165, 1.54) is 16.8 Å². The van der Waals surface area contributed by atoms with Crippen molar-refractivity contribution in [1.82, 2.24) is 9.97 Å². The second kappa shape index (κ2) is 6.36. The summed E-state index contributed by atoms with van der Waals surface area (Å²) in [4.78, 5) is 9.56. The van der Waals surface area contributed by atoms with Crippen LogP contribution in [0.25, 0.3) is 11.4 Å². The first kappa shape index (κ1) is 14.9. The summed E-state index contributed by atoms with van der Waals surface area (Å²) in [5.41, 5.74) is 4.74. The number of halogens is 1. The largest absolute Gasteiger partial charge is 0.370 e. The van der Waals surface area contributed by atoms with E-state index in [1.807, 2.05) is 11.8 Å². The molecule has 3 nitrogen and oxygen atoms in total. The molecule has 0 saturated heterocycles. The molecule has 1 aromatic carbocycles. The Morgan fingerprint density at radius 3 is 2.90 bits per heavy atom. The normalized spacial score (nSPS) is 13.3. The van der Waals surface area contributed by atoms with Crippen LogP contribution in [0.15, 0.2) is 22.7 Å². The minimum atomic E-state index is 0.807. The van der Waals surface area contributed by atoms with Gasteiger partial charge in [-0.2, -0.15) is 11.8 Å². The van der Waals surface area contributed by atoms with Gasteiger partial charge < -0.3 is 5.32 Å². The van der Waals surface area contributed by atoms with E-state index in [4.69, 9.17) is 9.97 Å². The maximum absolute atomic E-state index is 4.78. The van der Waals surface area contributed by atoms with E-state index in [0.29, 0.717) is 0 Å². The Morgan fingerprint density at radius 1 is 1.29 bits per heavy atom. The van der Waals surface area contributed by atoms with Crippen molar-refractivity contribution in [1.29, 1.82) is 0 Å². The molecule has 0 unspecified atom stereocenters. The summed E-state index contributed by atoms with van der Waals surface area (Å²) in [5, 5.41) is 3.46. The fourth-order valence-corrected chi connectivity index (χ4v) is 4.07. The highest BCUT2D eigenvalue weighted by Crippen LogP contribution is 2.36. The number of aromatic nitrogens is 2. The van der Waals surface area contributed by atoms with Crippen LogP contribution in [-0.4, -0.2) is 16.5 Å². The van der Waals surface area contributed by atoms with Gasteiger partial charge in [0, 0.05) is 33.7 Å². The van der Waals surface area contributed by atoms with Crippen molar-refractivity contribution >= 4 is 33.5 Å². The van der Waals surface area contributed by atoms with Crippen molar-refractivity contribution in [3.8, 4) is 11.4 Å². The van der Waals surface area contributed by atoms with Crippen molar-refractivity contribution in [2.24, 2.45) is 0 Å². The SMILES string of the molecule is CCCNc1nc(-c2ccc(C)cc2Br)nc2c1CSC2. The lowest BCUT2D eigenvalue weighted by Crippen LogP contribution is -2.08. The molecule has 0 amide bonds. The number of hydrogen-bond donors (Lipinski definition) is 1. The lowest BCUT2D eigenvalue weighted by atomic mass is 10.1. The molecule has 0 radical (unpaired) electrons. The van der Waals surface area contributed by atoms with Crippen LogP contribution in [0.2, 0.25) is 0 Å². The highest BCUT2D eigenvalue weighted by Gasteiger charge is 2.20. The third kappa shape index (κ3) is 3.09. The van der Waals surface area contributed by atoms with Crippen molar-refractivity contribution in [2.75, 3.05) is 11.9 Å². The van der Waals surface area contributed by atoms with E-state index in [2.05, 4.69) is 53.3 Å². The molecule has 1 aliphatic rings. The molecule has 21 heavy (non-hydrogen) atoms. The van der Waals surface area contributed by atoms with Crippen LogP contribution in [-0.2, 0) is 11.5 Å². The number of rotatable bonds is 4. The smallest absolute Gasteiger partial charge is 0.162 e. The monoisotopic (exact) mass is 363 g/mol. The maximum atomic E-state index is 4.78. The molecule has 0 saturated carbocycles. The van der Waals surface area contributed by atoms with Gasteiger partial charge in [-0.05, 0) is 31.0 Å². The zero-order valence-electron chi connectivity index (χ0n) is 12.2. The Hall–Kier alpha value is -1.07. The van der Waals surface area contributed by atoms with Crippen molar-refractivity contribution in [3.63, 3.8) is 0 Å². The summed E-state index contributed by atoms with van der Waals surface area (Å²) in [6.45, 7) is 5.20. The lowest BCUT2D eigenvalue weighted by Gasteiger charge is -2.12. The second-order valence-corrected chi connectivity index (χ2v) is 7.06. The molecular weight excluding hydrogens is 346 g/mol. The summed E-state index contributed by atoms with van der Waals surface area (Å²) in [5.74, 6) is 3.81. The highest BCUT2D eigenvalue weighted by molar-refractivity contribution is 9.10. The number of hydrogen-bond acceptors (Lipinski definition) is 4. The first-order valence-corrected chi connectivity index (χ1v) is 9.11. The number of fused-ring (bicyclic) bond motifs is 1. The van der Waals surface area contributed by atoms with Crippen LogP contribution < -0.4 is 5.32 Å². The molecule has 0 spiro atoms. The molecule has 1 aliphatic heterocycles. The number of nitrogens with one attached hydrogen (secondary N) is 1. The van der Waals surface area contributed by atoms with E-state index in [9.17, 15) is 0 Å². The van der Waals surface area contributed by atoms with Crippen molar-refractivity contribution in [3.05, 3.63) is 39.5 Å². The Labute approximate surface area is 138 Å². The highest BCUT2D eigenvalue weighted by atomic mass is 79.9. The Morgan fingerprint density at radius 2 is 2.14 bits per heavy atom. The van der Waals surface area contributed by atoms with Crippen LogP contribution >= 0.6 is 27.7 Å². The standard InChI is InChI=1S/C16H18BrN3S/c1-3-6-18-15-12-8-21-9-14(12)19-16(20-15)11-5-4-10(2)7-13(11)17/h4-5,7H,3,6,8-9H2,1-2H3,(H,18,19,20). The molecule has 1 N–H and O–H groups in total. The van der Waals surface area contributed by atoms with Crippen LogP contribution in [0, 0.1) is 6.92 Å². The van der Waals surface area contributed by atoms with Crippen LogP contribution in [0.1, 0.15) is 30.2 Å². The van der Waals surface area contributed by atoms with Gasteiger partial charge in [-0.15, -0.1) is 0 Å². The van der Waals surface area contributed by atoms with Gasteiger partial charge in [0.1, 0.15) is 5.82 Å². The van der Waals surface area contributed by atoms with Gasteiger partial charge in [0.05, 0.1) is 5.69 Å². The van der Waals surface area contributed by atoms with Crippen LogP contribution in [0.5, 0.6) is 0 Å². The zero-order chi connectivity index (χ0) is 14.8. The van der Waals surface area contributed by atoms with Gasteiger partial charge >= 0.3 is 0 Å². The molecule has 0 bridgehead atoms. The summed E-state index contributed by atoms with van der Waals surface area (Å²) < 4.78 is 1.05. The van der Waals surface area contributed by atoms with Crippen LogP contribution in [0.3, 0.4) is 0 Å². The van der Waals surface area contributed by atoms with Gasteiger partial charge in [-0.1, -0.05) is 28.9 Å². The molecule has 0 atom stereocenters. The predicted molar refractivity (Wildman–Crippen MR) is 93.7 cm³/mol. The summed E-state index contributed by atoms with van der Waals surface area (Å²) >= 11 is 5.54. The minimum Gasteiger partial charge on any atom is -0.370 e. The molecule has 2 aromatic rings. The van der Waals surface area contributed by atoms with Crippen LogP contribution in [0.4, 0.5) is 5.82 Å². The van der Waals surface area contributed by atoms with Crippen molar-refractivity contribution in [2.45, 2.75) is 31.8 Å². The number of benzene rings is 1. The first-order chi connectivity index (χ1) is 10.2.